The van der Waals surface area contributed by atoms with Gasteiger partial charge in [-0.05, 0) is 26.0 Å². The third-order valence-corrected chi connectivity index (χ3v) is 2.02. The first-order valence-electron chi connectivity index (χ1n) is 6.33. The van der Waals surface area contributed by atoms with Crippen molar-refractivity contribution < 1.29 is 23.1 Å². The molecule has 4 nitrogen and oxygen atoms in total. The van der Waals surface area contributed by atoms with Gasteiger partial charge in [0.1, 0.15) is 11.6 Å². The summed E-state index contributed by atoms with van der Waals surface area (Å²) in [6, 6.07) is 3.34. The molecular weight excluding hydrogens is 268 g/mol. The number of ether oxygens (including phenoxy) is 1. The van der Waals surface area contributed by atoms with Crippen LogP contribution in [0.3, 0.4) is 0 Å². The number of hydrogen-bond acceptors (Lipinski definition) is 3. The Labute approximate surface area is 117 Å². The third-order valence-electron chi connectivity index (χ3n) is 2.02. The van der Waals surface area contributed by atoms with E-state index in [4.69, 9.17) is 0 Å². The molecule has 0 saturated carbocycles. The lowest BCUT2D eigenvalue weighted by Crippen LogP contribution is -2.33. The first kappa shape index (κ1) is 18.0. The number of esters is 1. The maximum Gasteiger partial charge on any atom is 0.397 e. The van der Waals surface area contributed by atoms with Gasteiger partial charge in [-0.2, -0.15) is 0 Å². The van der Waals surface area contributed by atoms with E-state index in [0.717, 1.165) is 12.1 Å². The Balaban J connectivity index is 0.00000172. The number of hydrogen-bond donors (Lipinski definition) is 1. The van der Waals surface area contributed by atoms with Gasteiger partial charge in [0.05, 0.1) is 6.10 Å². The number of carbonyl (C=O) groups excluding carboxylic acids is 2. The van der Waals surface area contributed by atoms with Crippen molar-refractivity contribution >= 4 is 11.9 Å². The molecule has 0 heterocycles. The zero-order chi connectivity index (χ0) is 15.7. The minimum atomic E-state index is -1.08. The second-order valence-corrected chi connectivity index (χ2v) is 3.84. The molecule has 0 aliphatic rings. The van der Waals surface area contributed by atoms with Gasteiger partial charge < -0.3 is 10.1 Å². The van der Waals surface area contributed by atoms with E-state index in [1.165, 1.54) is 6.07 Å². The molecule has 0 atom stereocenters. The molecule has 0 aromatic heterocycles. The Morgan fingerprint density at radius 1 is 1.20 bits per heavy atom. The highest BCUT2D eigenvalue weighted by Crippen LogP contribution is 2.11. The first-order chi connectivity index (χ1) is 9.41. The summed E-state index contributed by atoms with van der Waals surface area (Å²) in [6.45, 7) is 6.76. The summed E-state index contributed by atoms with van der Waals surface area (Å²) in [4.78, 5) is 22.4. The zero-order valence-corrected chi connectivity index (χ0v) is 12.0. The SMILES string of the molecule is CC.CC(C)OC(=O)C(=O)NCc1c(F)cccc1F. The smallest absolute Gasteiger partial charge is 0.397 e. The van der Waals surface area contributed by atoms with Crippen molar-refractivity contribution in [2.75, 3.05) is 0 Å². The Bertz CT molecular complexity index is 441. The Morgan fingerprint density at radius 2 is 1.70 bits per heavy atom. The van der Waals surface area contributed by atoms with Crippen molar-refractivity contribution in [1.82, 2.24) is 5.32 Å². The van der Waals surface area contributed by atoms with E-state index in [1.54, 1.807) is 13.8 Å². The molecule has 0 bridgehead atoms. The van der Waals surface area contributed by atoms with Crippen molar-refractivity contribution in [3.05, 3.63) is 35.4 Å². The van der Waals surface area contributed by atoms with Crippen molar-refractivity contribution in [2.45, 2.75) is 40.3 Å². The standard InChI is InChI=1S/C12H13F2NO3.C2H6/c1-7(2)18-12(17)11(16)15-6-8-9(13)4-3-5-10(8)14;1-2/h3-5,7H,6H2,1-2H3,(H,15,16);1-2H3. The molecule has 6 heteroatoms. The number of benzene rings is 1. The number of carbonyl (C=O) groups is 2. The van der Waals surface area contributed by atoms with E-state index in [9.17, 15) is 18.4 Å². The van der Waals surface area contributed by atoms with Crippen molar-refractivity contribution in [3.63, 3.8) is 0 Å². The minimum Gasteiger partial charge on any atom is -0.456 e. The van der Waals surface area contributed by atoms with Crippen LogP contribution in [0.25, 0.3) is 0 Å². The molecule has 20 heavy (non-hydrogen) atoms. The summed E-state index contributed by atoms with van der Waals surface area (Å²) in [5.41, 5.74) is -0.303. The fourth-order valence-corrected chi connectivity index (χ4v) is 1.21. The molecular formula is C14H19F2NO3. The number of rotatable bonds is 3. The van der Waals surface area contributed by atoms with Crippen LogP contribution < -0.4 is 5.32 Å². The van der Waals surface area contributed by atoms with Gasteiger partial charge >= 0.3 is 11.9 Å². The zero-order valence-electron chi connectivity index (χ0n) is 12.0. The van der Waals surface area contributed by atoms with Crippen LogP contribution in [0.15, 0.2) is 18.2 Å². The van der Waals surface area contributed by atoms with Gasteiger partial charge in [0, 0.05) is 12.1 Å². The van der Waals surface area contributed by atoms with Crippen molar-refractivity contribution in [3.8, 4) is 0 Å². The summed E-state index contributed by atoms with van der Waals surface area (Å²) in [5.74, 6) is -3.69. The van der Waals surface area contributed by atoms with Crippen LogP contribution in [0.5, 0.6) is 0 Å². The lowest BCUT2D eigenvalue weighted by molar-refractivity contribution is -0.157. The predicted octanol–water partition coefficient (Wildman–Crippen LogP) is 2.56. The Hall–Kier alpha value is -1.98. The topological polar surface area (TPSA) is 55.4 Å². The van der Waals surface area contributed by atoms with Gasteiger partial charge in [0.2, 0.25) is 0 Å². The van der Waals surface area contributed by atoms with Crippen LogP contribution in [0, 0.1) is 11.6 Å². The largest absolute Gasteiger partial charge is 0.456 e. The maximum absolute atomic E-state index is 13.2. The van der Waals surface area contributed by atoms with Crippen LogP contribution in [-0.4, -0.2) is 18.0 Å². The Kier molecular flexibility index (Phi) is 8.12. The summed E-state index contributed by atoms with van der Waals surface area (Å²) >= 11 is 0. The lowest BCUT2D eigenvalue weighted by atomic mass is 10.2. The second kappa shape index (κ2) is 9.01. The van der Waals surface area contributed by atoms with Crippen LogP contribution in [0.2, 0.25) is 0 Å². The molecule has 0 unspecified atom stereocenters. The van der Waals surface area contributed by atoms with E-state index in [1.807, 2.05) is 13.8 Å². The summed E-state index contributed by atoms with van der Waals surface area (Å²) in [5, 5.41) is 2.09. The average molecular weight is 287 g/mol. The second-order valence-electron chi connectivity index (χ2n) is 3.84. The fourth-order valence-electron chi connectivity index (χ4n) is 1.21. The normalized spacial score (nSPS) is 9.55. The number of halogens is 2. The highest BCUT2D eigenvalue weighted by atomic mass is 19.1. The number of amides is 1. The average Bonchev–Trinajstić information content (AvgIpc) is 2.39. The third kappa shape index (κ3) is 5.77. The van der Waals surface area contributed by atoms with E-state index in [0.29, 0.717) is 0 Å². The van der Waals surface area contributed by atoms with Crippen LogP contribution in [0.4, 0.5) is 8.78 Å². The van der Waals surface area contributed by atoms with Gasteiger partial charge in [0.25, 0.3) is 0 Å². The van der Waals surface area contributed by atoms with Gasteiger partial charge in [-0.3, -0.25) is 4.79 Å². The van der Waals surface area contributed by atoms with E-state index in [2.05, 4.69) is 10.1 Å². The summed E-state index contributed by atoms with van der Waals surface area (Å²) < 4.78 is 31.0. The molecule has 1 N–H and O–H groups in total. The monoisotopic (exact) mass is 287 g/mol. The van der Waals surface area contributed by atoms with Crippen LogP contribution in [0.1, 0.15) is 33.3 Å². The molecule has 0 radical (unpaired) electrons. The van der Waals surface area contributed by atoms with E-state index < -0.39 is 36.2 Å². The lowest BCUT2D eigenvalue weighted by Gasteiger charge is -2.09. The van der Waals surface area contributed by atoms with E-state index >= 15 is 0 Å². The highest BCUT2D eigenvalue weighted by molar-refractivity contribution is 6.32. The maximum atomic E-state index is 13.2. The predicted molar refractivity (Wildman–Crippen MR) is 70.8 cm³/mol. The van der Waals surface area contributed by atoms with Gasteiger partial charge in [0.15, 0.2) is 0 Å². The van der Waals surface area contributed by atoms with E-state index in [-0.39, 0.29) is 5.56 Å². The van der Waals surface area contributed by atoms with Gasteiger partial charge in [-0.1, -0.05) is 19.9 Å². The molecule has 0 fully saturated rings. The quantitative estimate of drug-likeness (QED) is 0.686. The fraction of sp³-hybridized carbons (Fsp3) is 0.429. The molecule has 1 aromatic carbocycles. The van der Waals surface area contributed by atoms with Gasteiger partial charge in [-0.25, -0.2) is 13.6 Å². The summed E-state index contributed by atoms with van der Waals surface area (Å²) in [7, 11) is 0. The molecule has 0 spiro atoms. The highest BCUT2D eigenvalue weighted by Gasteiger charge is 2.17. The molecule has 0 saturated heterocycles. The first-order valence-corrected chi connectivity index (χ1v) is 6.33. The molecule has 0 aliphatic heterocycles. The van der Waals surface area contributed by atoms with Crippen molar-refractivity contribution in [2.24, 2.45) is 0 Å². The molecule has 0 aliphatic carbocycles. The Morgan fingerprint density at radius 3 is 2.15 bits per heavy atom. The molecule has 112 valence electrons. The van der Waals surface area contributed by atoms with Crippen LogP contribution in [-0.2, 0) is 20.9 Å². The molecule has 1 aromatic rings. The van der Waals surface area contributed by atoms with Crippen molar-refractivity contribution in [1.29, 1.82) is 0 Å². The van der Waals surface area contributed by atoms with Gasteiger partial charge in [-0.15, -0.1) is 0 Å². The molecule has 1 rings (SSSR count). The van der Waals surface area contributed by atoms with Crippen LogP contribution >= 0.6 is 0 Å². The summed E-state index contributed by atoms with van der Waals surface area (Å²) in [6.07, 6.45) is -0.437. The molecule has 1 amide bonds. The number of nitrogens with one attached hydrogen (secondary N) is 1. The minimum absolute atomic E-state index is 0.303.